The van der Waals surface area contributed by atoms with E-state index in [1.807, 2.05) is 19.2 Å². The summed E-state index contributed by atoms with van der Waals surface area (Å²) in [4.78, 5) is 4.22. The summed E-state index contributed by atoms with van der Waals surface area (Å²) >= 11 is 0. The first-order chi connectivity index (χ1) is 9.06. The van der Waals surface area contributed by atoms with Gasteiger partial charge in [0, 0.05) is 11.9 Å². The highest BCUT2D eigenvalue weighted by Crippen LogP contribution is 2.21. The number of hydrogen-bond donors (Lipinski definition) is 1. The fraction of sp³-hybridized carbons (Fsp3) is 0.353. The minimum atomic E-state index is -0.0752. The number of nitrogens with zero attached hydrogens (tertiary/aromatic N) is 1. The Hall–Kier alpha value is -1.67. The average Bonchev–Trinajstić information content (AvgIpc) is 2.37. The zero-order chi connectivity index (χ0) is 13.8. The van der Waals surface area contributed by atoms with Gasteiger partial charge in [-0.2, -0.15) is 0 Å². The van der Waals surface area contributed by atoms with Crippen molar-refractivity contribution in [1.29, 1.82) is 0 Å². The van der Waals surface area contributed by atoms with Crippen molar-refractivity contribution < 1.29 is 0 Å². The molecule has 19 heavy (non-hydrogen) atoms. The molecule has 2 heteroatoms. The molecule has 2 nitrogen and oxygen atoms in total. The van der Waals surface area contributed by atoms with Crippen molar-refractivity contribution in [1.82, 2.24) is 4.98 Å². The number of nitrogens with two attached hydrogens (primary N) is 1. The summed E-state index contributed by atoms with van der Waals surface area (Å²) in [5.74, 6) is 0.662. The summed E-state index contributed by atoms with van der Waals surface area (Å²) in [6.45, 7) is 6.46. The molecule has 0 amide bonds. The maximum Gasteiger partial charge on any atom is 0.0552 e. The topological polar surface area (TPSA) is 38.9 Å². The molecule has 100 valence electrons. The molecule has 0 aliphatic rings. The van der Waals surface area contributed by atoms with Crippen LogP contribution in [0.5, 0.6) is 0 Å². The average molecular weight is 254 g/mol. The van der Waals surface area contributed by atoms with Crippen LogP contribution in [0.15, 0.2) is 42.6 Å². The summed E-state index contributed by atoms with van der Waals surface area (Å²) in [7, 11) is 0. The van der Waals surface area contributed by atoms with E-state index in [0.29, 0.717) is 5.92 Å². The van der Waals surface area contributed by atoms with Gasteiger partial charge in [0.1, 0.15) is 0 Å². The van der Waals surface area contributed by atoms with E-state index in [-0.39, 0.29) is 6.04 Å². The van der Waals surface area contributed by atoms with Crippen molar-refractivity contribution in [3.05, 3.63) is 65.0 Å². The Morgan fingerprint density at radius 3 is 2.53 bits per heavy atom. The second kappa shape index (κ2) is 5.98. The van der Waals surface area contributed by atoms with E-state index >= 15 is 0 Å². The van der Waals surface area contributed by atoms with Crippen molar-refractivity contribution in [3.8, 4) is 0 Å². The molecule has 2 rings (SSSR count). The van der Waals surface area contributed by atoms with E-state index in [2.05, 4.69) is 49.2 Å². The number of aromatic nitrogens is 1. The summed E-state index contributed by atoms with van der Waals surface area (Å²) in [5.41, 5.74) is 11.0. The van der Waals surface area contributed by atoms with Gasteiger partial charge in [-0.1, -0.05) is 38.1 Å². The van der Waals surface area contributed by atoms with Crippen molar-refractivity contribution in [2.75, 3.05) is 0 Å². The quantitative estimate of drug-likeness (QED) is 0.904. The second-order valence-corrected chi connectivity index (χ2v) is 5.55. The molecular weight excluding hydrogens is 232 g/mol. The van der Waals surface area contributed by atoms with Crippen LogP contribution in [0.3, 0.4) is 0 Å². The number of pyridine rings is 1. The van der Waals surface area contributed by atoms with Crippen molar-refractivity contribution in [2.24, 2.45) is 11.7 Å². The molecule has 0 fully saturated rings. The van der Waals surface area contributed by atoms with Crippen LogP contribution in [-0.2, 0) is 6.42 Å². The molecule has 1 aromatic carbocycles. The Balaban J connectivity index is 2.26. The maximum atomic E-state index is 6.36. The van der Waals surface area contributed by atoms with Crippen LogP contribution in [0.2, 0.25) is 0 Å². The molecule has 2 aromatic rings. The van der Waals surface area contributed by atoms with E-state index in [1.165, 1.54) is 11.1 Å². The Morgan fingerprint density at radius 1 is 1.11 bits per heavy atom. The lowest BCUT2D eigenvalue weighted by Gasteiger charge is -2.15. The number of hydrogen-bond acceptors (Lipinski definition) is 2. The molecule has 0 saturated heterocycles. The highest BCUT2D eigenvalue weighted by Gasteiger charge is 2.10. The van der Waals surface area contributed by atoms with E-state index in [0.717, 1.165) is 17.7 Å². The fourth-order valence-electron chi connectivity index (χ4n) is 2.34. The van der Waals surface area contributed by atoms with Gasteiger partial charge in [-0.25, -0.2) is 0 Å². The van der Waals surface area contributed by atoms with E-state index < -0.39 is 0 Å². The lowest BCUT2D eigenvalue weighted by Crippen LogP contribution is -2.12. The molecule has 0 spiro atoms. The Morgan fingerprint density at radius 2 is 1.84 bits per heavy atom. The first-order valence-corrected chi connectivity index (χ1v) is 6.83. The Labute approximate surface area is 115 Å². The number of benzene rings is 1. The number of aryl methyl sites for hydroxylation is 1. The summed E-state index contributed by atoms with van der Waals surface area (Å²) in [6, 6.07) is 12.6. The van der Waals surface area contributed by atoms with Gasteiger partial charge in [0.25, 0.3) is 0 Å². The molecule has 1 atom stereocenters. The third-order valence-corrected chi connectivity index (χ3v) is 3.23. The van der Waals surface area contributed by atoms with Gasteiger partial charge in [0.05, 0.1) is 6.04 Å². The minimum Gasteiger partial charge on any atom is -0.320 e. The molecule has 1 aromatic heterocycles. The van der Waals surface area contributed by atoms with Crippen molar-refractivity contribution in [2.45, 2.75) is 33.2 Å². The predicted molar refractivity (Wildman–Crippen MR) is 80.0 cm³/mol. The van der Waals surface area contributed by atoms with Crippen LogP contribution in [0.4, 0.5) is 0 Å². The smallest absolute Gasteiger partial charge is 0.0552 e. The Kier molecular flexibility index (Phi) is 4.33. The maximum absolute atomic E-state index is 6.36. The predicted octanol–water partition coefficient (Wildman–Crippen LogP) is 3.64. The lowest BCUT2D eigenvalue weighted by molar-refractivity contribution is 0.646. The Bertz CT molecular complexity index is 546. The summed E-state index contributed by atoms with van der Waals surface area (Å²) < 4.78 is 0. The van der Waals surface area contributed by atoms with Gasteiger partial charge in [-0.3, -0.25) is 4.98 Å². The normalized spacial score (nSPS) is 12.7. The fourth-order valence-corrected chi connectivity index (χ4v) is 2.34. The molecule has 0 aliphatic heterocycles. The first-order valence-electron chi connectivity index (χ1n) is 6.83. The third kappa shape index (κ3) is 3.65. The zero-order valence-corrected chi connectivity index (χ0v) is 11.9. The highest BCUT2D eigenvalue weighted by molar-refractivity contribution is 5.34. The van der Waals surface area contributed by atoms with E-state index in [9.17, 15) is 0 Å². The molecule has 1 unspecified atom stereocenters. The first kappa shape index (κ1) is 13.8. The minimum absolute atomic E-state index is 0.0752. The van der Waals surface area contributed by atoms with E-state index in [4.69, 9.17) is 5.73 Å². The molecule has 0 saturated carbocycles. The lowest BCUT2D eigenvalue weighted by atomic mass is 9.95. The zero-order valence-electron chi connectivity index (χ0n) is 11.9. The van der Waals surface area contributed by atoms with Crippen molar-refractivity contribution >= 4 is 0 Å². The van der Waals surface area contributed by atoms with E-state index in [1.54, 1.807) is 0 Å². The second-order valence-electron chi connectivity index (χ2n) is 5.55. The van der Waals surface area contributed by atoms with Crippen LogP contribution in [-0.4, -0.2) is 4.98 Å². The summed E-state index contributed by atoms with van der Waals surface area (Å²) in [5, 5.41) is 0. The highest BCUT2D eigenvalue weighted by atomic mass is 14.7. The van der Waals surface area contributed by atoms with Gasteiger partial charge in [-0.05, 0) is 48.1 Å². The van der Waals surface area contributed by atoms with Gasteiger partial charge in [0.2, 0.25) is 0 Å². The standard InChI is InChI=1S/C17H22N2/c1-12(2)9-14-5-4-6-15(11-14)17(18)16-7-8-19-13(3)10-16/h4-8,10-12,17H,9,18H2,1-3H3. The summed E-state index contributed by atoms with van der Waals surface area (Å²) in [6.07, 6.45) is 2.92. The molecule has 0 bridgehead atoms. The van der Waals surface area contributed by atoms with Gasteiger partial charge in [0.15, 0.2) is 0 Å². The largest absolute Gasteiger partial charge is 0.320 e. The monoisotopic (exact) mass is 254 g/mol. The van der Waals surface area contributed by atoms with Gasteiger partial charge >= 0.3 is 0 Å². The van der Waals surface area contributed by atoms with Gasteiger partial charge in [-0.15, -0.1) is 0 Å². The van der Waals surface area contributed by atoms with Crippen LogP contribution in [0.25, 0.3) is 0 Å². The molecular formula is C17H22N2. The van der Waals surface area contributed by atoms with Crippen LogP contribution < -0.4 is 5.73 Å². The van der Waals surface area contributed by atoms with Gasteiger partial charge < -0.3 is 5.73 Å². The number of rotatable bonds is 4. The molecule has 2 N–H and O–H groups in total. The van der Waals surface area contributed by atoms with Crippen LogP contribution in [0.1, 0.15) is 42.3 Å². The molecule has 0 aliphatic carbocycles. The van der Waals surface area contributed by atoms with Crippen molar-refractivity contribution in [3.63, 3.8) is 0 Å². The molecule has 1 heterocycles. The van der Waals surface area contributed by atoms with Crippen LogP contribution >= 0.6 is 0 Å². The SMILES string of the molecule is Cc1cc(C(N)c2cccc(CC(C)C)c2)ccn1. The third-order valence-electron chi connectivity index (χ3n) is 3.23. The van der Waals surface area contributed by atoms with Crippen LogP contribution in [0, 0.1) is 12.8 Å². The molecule has 0 radical (unpaired) electrons.